The van der Waals surface area contributed by atoms with E-state index in [-0.39, 0.29) is 5.41 Å². The van der Waals surface area contributed by atoms with Crippen LogP contribution in [0.1, 0.15) is 58.1 Å². The Labute approximate surface area is 129 Å². The van der Waals surface area contributed by atoms with Crippen LogP contribution in [0.3, 0.4) is 0 Å². The number of nitrogens with zero attached hydrogens (tertiary/aromatic N) is 1. The quantitative estimate of drug-likeness (QED) is 0.802. The maximum atomic E-state index is 9.07. The number of hydrogen-bond acceptors (Lipinski definition) is 3. The van der Waals surface area contributed by atoms with Crippen molar-refractivity contribution in [2.75, 3.05) is 6.61 Å². The first-order valence-corrected chi connectivity index (χ1v) is 7.66. The molecule has 1 unspecified atom stereocenters. The molecule has 0 fully saturated rings. The van der Waals surface area contributed by atoms with E-state index in [1.165, 1.54) is 11.1 Å². The molecule has 0 saturated heterocycles. The predicted molar refractivity (Wildman–Crippen MR) is 87.4 cm³/mol. The van der Waals surface area contributed by atoms with Crippen LogP contribution in [0.2, 0.25) is 0 Å². The lowest BCUT2D eigenvalue weighted by atomic mass is 9.85. The van der Waals surface area contributed by atoms with E-state index in [4.69, 9.17) is 15.7 Å². The van der Waals surface area contributed by atoms with Crippen molar-refractivity contribution in [2.24, 2.45) is 5.73 Å². The van der Waals surface area contributed by atoms with Gasteiger partial charge in [-0.3, -0.25) is 0 Å². The minimum atomic E-state index is -0.719. The molecule has 2 N–H and O–H groups in total. The molecular weight excluding hydrogens is 260 g/mol. The highest BCUT2D eigenvalue weighted by Crippen LogP contribution is 2.32. The molecule has 0 aliphatic carbocycles. The summed E-state index contributed by atoms with van der Waals surface area (Å²) in [6, 6.07) is 8.48. The van der Waals surface area contributed by atoms with Gasteiger partial charge in [0.25, 0.3) is 0 Å². The van der Waals surface area contributed by atoms with Gasteiger partial charge in [0, 0.05) is 0 Å². The predicted octanol–water partition coefficient (Wildman–Crippen LogP) is 4.08. The van der Waals surface area contributed by atoms with Crippen molar-refractivity contribution >= 4 is 0 Å². The molecule has 1 rings (SSSR count). The molecular formula is C18H28N2O. The van der Waals surface area contributed by atoms with Crippen LogP contribution in [0.4, 0.5) is 0 Å². The summed E-state index contributed by atoms with van der Waals surface area (Å²) in [5, 5.41) is 9.07. The summed E-state index contributed by atoms with van der Waals surface area (Å²) < 4.78 is 5.94. The molecule has 116 valence electrons. The molecule has 0 aliphatic heterocycles. The van der Waals surface area contributed by atoms with Crippen LogP contribution in [0, 0.1) is 18.3 Å². The Morgan fingerprint density at radius 3 is 2.48 bits per heavy atom. The number of aryl methyl sites for hydroxylation is 1. The highest BCUT2D eigenvalue weighted by atomic mass is 16.5. The second kappa shape index (κ2) is 6.95. The van der Waals surface area contributed by atoms with Gasteiger partial charge in [0.2, 0.25) is 0 Å². The molecule has 0 radical (unpaired) electrons. The van der Waals surface area contributed by atoms with E-state index < -0.39 is 5.54 Å². The fourth-order valence-electron chi connectivity index (χ4n) is 2.24. The minimum Gasteiger partial charge on any atom is -0.493 e. The van der Waals surface area contributed by atoms with Crippen LogP contribution < -0.4 is 10.5 Å². The zero-order valence-electron chi connectivity index (χ0n) is 14.0. The fourth-order valence-corrected chi connectivity index (χ4v) is 2.24. The topological polar surface area (TPSA) is 59.0 Å². The third-order valence-corrected chi connectivity index (χ3v) is 3.82. The van der Waals surface area contributed by atoms with E-state index in [9.17, 15) is 0 Å². The summed E-state index contributed by atoms with van der Waals surface area (Å²) >= 11 is 0. The molecule has 3 nitrogen and oxygen atoms in total. The number of ether oxygens (including phenoxy) is 1. The van der Waals surface area contributed by atoms with Crippen LogP contribution in [0.15, 0.2) is 18.2 Å². The summed E-state index contributed by atoms with van der Waals surface area (Å²) in [5.41, 5.74) is 7.77. The van der Waals surface area contributed by atoms with E-state index in [1.807, 2.05) is 13.0 Å². The van der Waals surface area contributed by atoms with Gasteiger partial charge in [-0.15, -0.1) is 0 Å². The van der Waals surface area contributed by atoms with Crippen molar-refractivity contribution in [3.05, 3.63) is 29.3 Å². The molecule has 0 saturated carbocycles. The van der Waals surface area contributed by atoms with Gasteiger partial charge in [-0.05, 0) is 43.2 Å². The highest BCUT2D eigenvalue weighted by Gasteiger charge is 2.22. The van der Waals surface area contributed by atoms with Crippen molar-refractivity contribution in [2.45, 2.75) is 64.8 Å². The molecule has 1 aromatic carbocycles. The summed E-state index contributed by atoms with van der Waals surface area (Å²) in [6.45, 7) is 11.2. The average Bonchev–Trinajstić information content (AvgIpc) is 2.43. The van der Waals surface area contributed by atoms with Crippen LogP contribution in [-0.4, -0.2) is 12.1 Å². The summed E-state index contributed by atoms with van der Waals surface area (Å²) in [4.78, 5) is 0. The number of hydrogen-bond donors (Lipinski definition) is 1. The first kappa shape index (κ1) is 17.5. The smallest absolute Gasteiger partial charge is 0.123 e. The van der Waals surface area contributed by atoms with Crippen LogP contribution in [-0.2, 0) is 5.41 Å². The molecule has 0 aliphatic rings. The molecule has 0 bridgehead atoms. The fraction of sp³-hybridized carbons (Fsp3) is 0.611. The van der Waals surface area contributed by atoms with Gasteiger partial charge >= 0.3 is 0 Å². The van der Waals surface area contributed by atoms with Crippen molar-refractivity contribution in [1.29, 1.82) is 5.26 Å². The number of nitriles is 1. The average molecular weight is 288 g/mol. The first-order valence-electron chi connectivity index (χ1n) is 7.66. The minimum absolute atomic E-state index is 0.0506. The molecule has 0 heterocycles. The maximum Gasteiger partial charge on any atom is 0.123 e. The second-order valence-corrected chi connectivity index (χ2v) is 6.82. The Balaban J connectivity index is 2.67. The highest BCUT2D eigenvalue weighted by molar-refractivity contribution is 5.41. The van der Waals surface area contributed by atoms with Gasteiger partial charge in [-0.1, -0.05) is 45.4 Å². The van der Waals surface area contributed by atoms with Crippen molar-refractivity contribution in [3.8, 4) is 11.8 Å². The first-order chi connectivity index (χ1) is 9.72. The van der Waals surface area contributed by atoms with E-state index >= 15 is 0 Å². The molecule has 0 amide bonds. The van der Waals surface area contributed by atoms with Gasteiger partial charge in [0.15, 0.2) is 0 Å². The summed E-state index contributed by atoms with van der Waals surface area (Å²) in [7, 11) is 0. The molecule has 0 spiro atoms. The Morgan fingerprint density at radius 1 is 1.29 bits per heavy atom. The van der Waals surface area contributed by atoms with Crippen LogP contribution in [0.25, 0.3) is 0 Å². The van der Waals surface area contributed by atoms with Gasteiger partial charge in [-0.25, -0.2) is 0 Å². The lowest BCUT2D eigenvalue weighted by molar-refractivity contribution is 0.285. The molecule has 0 aromatic heterocycles. The van der Waals surface area contributed by atoms with Crippen LogP contribution >= 0.6 is 0 Å². The van der Waals surface area contributed by atoms with Crippen molar-refractivity contribution < 1.29 is 4.74 Å². The summed E-state index contributed by atoms with van der Waals surface area (Å²) in [5.74, 6) is 0.934. The Kier molecular flexibility index (Phi) is 5.80. The Morgan fingerprint density at radius 2 is 1.95 bits per heavy atom. The van der Waals surface area contributed by atoms with E-state index in [2.05, 4.69) is 45.9 Å². The van der Waals surface area contributed by atoms with Gasteiger partial charge < -0.3 is 10.5 Å². The van der Waals surface area contributed by atoms with E-state index in [1.54, 1.807) is 0 Å². The third-order valence-electron chi connectivity index (χ3n) is 3.82. The zero-order valence-corrected chi connectivity index (χ0v) is 14.0. The molecule has 1 atom stereocenters. The monoisotopic (exact) mass is 288 g/mol. The molecule has 21 heavy (non-hydrogen) atoms. The SMILES string of the molecule is CCC(N)(C#N)CCCOc1ccc(C)cc1C(C)(C)C. The number of benzene rings is 1. The van der Waals surface area contributed by atoms with E-state index in [0.717, 1.165) is 12.2 Å². The normalized spacial score (nSPS) is 14.3. The van der Waals surface area contributed by atoms with Crippen molar-refractivity contribution in [1.82, 2.24) is 0 Å². The standard InChI is InChI=1S/C18H28N2O/c1-6-18(20,13-19)10-7-11-21-16-9-8-14(2)12-15(16)17(3,4)5/h8-9,12H,6-7,10-11,20H2,1-5H3. The lowest BCUT2D eigenvalue weighted by Gasteiger charge is -2.24. The third kappa shape index (κ3) is 5.06. The number of rotatable bonds is 6. The maximum absolute atomic E-state index is 9.07. The lowest BCUT2D eigenvalue weighted by Crippen LogP contribution is -2.37. The van der Waals surface area contributed by atoms with E-state index in [0.29, 0.717) is 19.4 Å². The second-order valence-electron chi connectivity index (χ2n) is 6.82. The van der Waals surface area contributed by atoms with Crippen LogP contribution in [0.5, 0.6) is 5.75 Å². The Hall–Kier alpha value is -1.53. The molecule has 1 aromatic rings. The summed E-state index contributed by atoms with van der Waals surface area (Å²) in [6.07, 6.45) is 2.12. The van der Waals surface area contributed by atoms with Crippen molar-refractivity contribution in [3.63, 3.8) is 0 Å². The Bertz CT molecular complexity index is 511. The van der Waals surface area contributed by atoms with Gasteiger partial charge in [-0.2, -0.15) is 5.26 Å². The van der Waals surface area contributed by atoms with Gasteiger partial charge in [0.1, 0.15) is 11.3 Å². The van der Waals surface area contributed by atoms with Gasteiger partial charge in [0.05, 0.1) is 12.7 Å². The zero-order chi connectivity index (χ0) is 16.1. The molecule has 3 heteroatoms. The largest absolute Gasteiger partial charge is 0.493 e. The number of nitrogens with two attached hydrogens (primary N) is 1.